The number of benzene rings is 1. The smallest absolute Gasteiger partial charge is 0.350 e. The Morgan fingerprint density at radius 3 is 2.74 bits per heavy atom. The van der Waals surface area contributed by atoms with Gasteiger partial charge < -0.3 is 9.84 Å². The van der Waals surface area contributed by atoms with E-state index in [1.807, 2.05) is 0 Å². The third-order valence-corrected chi connectivity index (χ3v) is 6.54. The molecule has 1 fully saturated rings. The molecule has 1 N–H and O–H groups in total. The van der Waals surface area contributed by atoms with Crippen LogP contribution in [0.3, 0.4) is 0 Å². The number of aliphatic hydroxyl groups is 1. The number of carbonyl (C=O) groups excluding carboxylic acids is 3. The van der Waals surface area contributed by atoms with Crippen molar-refractivity contribution in [2.75, 3.05) is 11.5 Å². The van der Waals surface area contributed by atoms with E-state index in [2.05, 4.69) is 16.5 Å². The van der Waals surface area contributed by atoms with Crippen molar-refractivity contribution in [1.29, 1.82) is 0 Å². The number of nitrogens with zero attached hydrogens (tertiary/aromatic N) is 3. The lowest BCUT2D eigenvalue weighted by Crippen LogP contribution is -2.29. The van der Waals surface area contributed by atoms with E-state index in [0.29, 0.717) is 16.8 Å². The second-order valence-electron chi connectivity index (χ2n) is 7.72. The number of anilines is 1. The number of aliphatic hydroxyl groups excluding tert-OH is 1. The number of Topliss-reactive ketones (excluding diaryl/α,β-unsaturated/α-hetero) is 1. The molecule has 10 heteroatoms. The van der Waals surface area contributed by atoms with Crippen molar-refractivity contribution in [3.05, 3.63) is 94.0 Å². The highest BCUT2D eigenvalue weighted by molar-refractivity contribution is 7.17. The maximum Gasteiger partial charge on any atom is 0.350 e. The van der Waals surface area contributed by atoms with E-state index in [1.54, 1.807) is 26.0 Å². The van der Waals surface area contributed by atoms with Gasteiger partial charge in [-0.2, -0.15) is 0 Å². The van der Waals surface area contributed by atoms with Gasteiger partial charge in [-0.25, -0.2) is 14.2 Å². The molecule has 4 rings (SSSR count). The summed E-state index contributed by atoms with van der Waals surface area (Å²) in [5, 5.41) is 11.1. The summed E-state index contributed by atoms with van der Waals surface area (Å²) in [6, 6.07) is 6.18. The van der Waals surface area contributed by atoms with E-state index >= 15 is 0 Å². The van der Waals surface area contributed by atoms with Crippen LogP contribution in [0, 0.1) is 19.7 Å². The molecule has 3 aromatic rings. The molecule has 0 radical (unpaired) electrons. The summed E-state index contributed by atoms with van der Waals surface area (Å²) in [4.78, 5) is 48.4. The van der Waals surface area contributed by atoms with Crippen LogP contribution in [0.1, 0.15) is 38.1 Å². The van der Waals surface area contributed by atoms with Gasteiger partial charge in [0.1, 0.15) is 23.1 Å². The molecule has 0 bridgehead atoms. The number of pyridine rings is 1. The van der Waals surface area contributed by atoms with Crippen LogP contribution >= 0.6 is 11.3 Å². The number of ketones is 1. The van der Waals surface area contributed by atoms with Crippen LogP contribution in [0.4, 0.5) is 9.52 Å². The zero-order valence-corrected chi connectivity index (χ0v) is 19.6. The molecule has 1 aliphatic heterocycles. The highest BCUT2D eigenvalue weighted by Crippen LogP contribution is 2.43. The summed E-state index contributed by atoms with van der Waals surface area (Å²) in [6.07, 6.45) is 4.39. The lowest BCUT2D eigenvalue weighted by molar-refractivity contribution is -0.132. The molecule has 1 aliphatic rings. The largest absolute Gasteiger partial charge is 0.507 e. The van der Waals surface area contributed by atoms with E-state index in [9.17, 15) is 23.9 Å². The van der Waals surface area contributed by atoms with Crippen molar-refractivity contribution < 1.29 is 28.6 Å². The first-order valence-electron chi connectivity index (χ1n) is 10.5. The quantitative estimate of drug-likeness (QED) is 0.180. The Kier molecular flexibility index (Phi) is 6.57. The van der Waals surface area contributed by atoms with Crippen LogP contribution in [0.15, 0.2) is 61.0 Å². The van der Waals surface area contributed by atoms with Crippen LogP contribution in [-0.2, 0) is 14.3 Å². The van der Waals surface area contributed by atoms with E-state index < -0.39 is 35.3 Å². The minimum Gasteiger partial charge on any atom is -0.507 e. The topological polar surface area (TPSA) is 110 Å². The van der Waals surface area contributed by atoms with Gasteiger partial charge in [-0.3, -0.25) is 19.5 Å². The molecule has 1 amide bonds. The summed E-state index contributed by atoms with van der Waals surface area (Å²) in [5.74, 6) is -3.67. The molecule has 35 heavy (non-hydrogen) atoms. The van der Waals surface area contributed by atoms with Crippen LogP contribution in [0.2, 0.25) is 0 Å². The number of hydrogen-bond donors (Lipinski definition) is 1. The Labute approximate surface area is 204 Å². The Balaban J connectivity index is 1.88. The lowest BCUT2D eigenvalue weighted by atomic mass is 9.96. The van der Waals surface area contributed by atoms with Crippen molar-refractivity contribution in [3.63, 3.8) is 0 Å². The predicted octanol–water partition coefficient (Wildman–Crippen LogP) is 4.26. The minimum absolute atomic E-state index is 0.00118. The molecule has 1 atom stereocenters. The zero-order chi connectivity index (χ0) is 25.3. The predicted molar refractivity (Wildman–Crippen MR) is 127 cm³/mol. The first kappa shape index (κ1) is 24.0. The Morgan fingerprint density at radius 2 is 2.09 bits per heavy atom. The number of carbonyl (C=O) groups is 3. The molecule has 0 spiro atoms. The molecule has 3 heterocycles. The van der Waals surface area contributed by atoms with Crippen LogP contribution in [-0.4, -0.2) is 39.3 Å². The number of esters is 1. The monoisotopic (exact) mass is 493 g/mol. The summed E-state index contributed by atoms with van der Waals surface area (Å²) < 4.78 is 19.3. The molecule has 2 aromatic heterocycles. The van der Waals surface area contributed by atoms with Gasteiger partial charge >= 0.3 is 11.9 Å². The van der Waals surface area contributed by atoms with Crippen LogP contribution < -0.4 is 4.90 Å². The fraction of sp³-hybridized carbons (Fsp3) is 0.160. The second-order valence-corrected chi connectivity index (χ2v) is 8.70. The fourth-order valence-electron chi connectivity index (χ4n) is 3.65. The van der Waals surface area contributed by atoms with Gasteiger partial charge in [0.2, 0.25) is 0 Å². The molecule has 178 valence electrons. The van der Waals surface area contributed by atoms with Gasteiger partial charge in [0.15, 0.2) is 5.13 Å². The van der Waals surface area contributed by atoms with Crippen molar-refractivity contribution in [2.24, 2.45) is 0 Å². The molecule has 1 aromatic carbocycles. The first-order valence-corrected chi connectivity index (χ1v) is 11.3. The molecule has 0 saturated carbocycles. The third-order valence-electron chi connectivity index (χ3n) is 5.40. The fourth-order valence-corrected chi connectivity index (χ4v) is 4.64. The highest BCUT2D eigenvalue weighted by Gasteiger charge is 2.48. The van der Waals surface area contributed by atoms with Crippen molar-refractivity contribution in [2.45, 2.75) is 19.9 Å². The molecular formula is C25H20FN3O5S. The van der Waals surface area contributed by atoms with Crippen molar-refractivity contribution in [3.8, 4) is 0 Å². The van der Waals surface area contributed by atoms with Gasteiger partial charge in [0, 0.05) is 18.0 Å². The molecule has 0 aliphatic carbocycles. The molecular weight excluding hydrogens is 473 g/mol. The molecule has 1 saturated heterocycles. The van der Waals surface area contributed by atoms with Gasteiger partial charge in [0.25, 0.3) is 5.78 Å². The number of aromatic nitrogens is 2. The third kappa shape index (κ3) is 4.35. The number of halogens is 1. The zero-order valence-electron chi connectivity index (χ0n) is 18.8. The normalized spacial score (nSPS) is 17.0. The summed E-state index contributed by atoms with van der Waals surface area (Å²) in [5.41, 5.74) is 0.898. The molecule has 0 unspecified atom stereocenters. The van der Waals surface area contributed by atoms with E-state index in [4.69, 9.17) is 4.74 Å². The lowest BCUT2D eigenvalue weighted by Gasteiger charge is -2.22. The van der Waals surface area contributed by atoms with Gasteiger partial charge in [-0.15, -0.1) is 0 Å². The minimum atomic E-state index is -1.10. The summed E-state index contributed by atoms with van der Waals surface area (Å²) in [6.45, 7) is 6.64. The standard InChI is InChI=1S/C25H20FN3O5S/c1-4-10-34-24(33)22-14(3)28-25(35-22)29-19(16-6-5-9-27-12-16)18(21(31)23(29)32)20(30)15-8-7-13(2)17(26)11-15/h4-9,11-12,19,30H,1,10H2,2-3H3/t19-/m1/s1. The average molecular weight is 494 g/mol. The first-order chi connectivity index (χ1) is 16.7. The Hall–Kier alpha value is -4.18. The summed E-state index contributed by atoms with van der Waals surface area (Å²) in [7, 11) is 0. The van der Waals surface area contributed by atoms with Crippen molar-refractivity contribution >= 4 is 39.9 Å². The van der Waals surface area contributed by atoms with Gasteiger partial charge in [-0.1, -0.05) is 42.2 Å². The van der Waals surface area contributed by atoms with E-state index in [0.717, 1.165) is 22.3 Å². The molecule has 8 nitrogen and oxygen atoms in total. The van der Waals surface area contributed by atoms with E-state index in [-0.39, 0.29) is 27.8 Å². The average Bonchev–Trinajstić information content (AvgIpc) is 3.36. The maximum absolute atomic E-state index is 14.2. The number of ether oxygens (including phenoxy) is 1. The number of thiazole rings is 1. The van der Waals surface area contributed by atoms with Crippen LogP contribution in [0.25, 0.3) is 5.76 Å². The highest BCUT2D eigenvalue weighted by atomic mass is 32.1. The number of amides is 1. The number of hydrogen-bond acceptors (Lipinski definition) is 8. The summed E-state index contributed by atoms with van der Waals surface area (Å²) >= 11 is 0.882. The Morgan fingerprint density at radius 1 is 1.31 bits per heavy atom. The second kappa shape index (κ2) is 9.59. The van der Waals surface area contributed by atoms with Gasteiger partial charge in [0.05, 0.1) is 17.3 Å². The number of aryl methyl sites for hydroxylation is 2. The Bertz CT molecular complexity index is 1380. The van der Waals surface area contributed by atoms with Crippen LogP contribution in [0.5, 0.6) is 0 Å². The number of rotatable bonds is 6. The van der Waals surface area contributed by atoms with E-state index in [1.165, 1.54) is 30.6 Å². The SMILES string of the molecule is C=CCOC(=O)c1sc(N2C(=O)C(=O)C(=C(O)c3ccc(C)c(F)c3)[C@H]2c2cccnc2)nc1C. The van der Waals surface area contributed by atoms with Crippen molar-refractivity contribution in [1.82, 2.24) is 9.97 Å². The maximum atomic E-state index is 14.2. The van der Waals surface area contributed by atoms with Gasteiger partial charge in [-0.05, 0) is 37.1 Å².